The Morgan fingerprint density at radius 3 is 2.65 bits per heavy atom. The van der Waals surface area contributed by atoms with Crippen molar-refractivity contribution in [2.45, 2.75) is 0 Å². The Kier molecular flexibility index (Phi) is 4.77. The molecule has 2 aromatic carbocycles. The van der Waals surface area contributed by atoms with E-state index in [2.05, 4.69) is 4.99 Å². The van der Waals surface area contributed by atoms with Crippen LogP contribution in [0.1, 0.15) is 15.9 Å². The highest BCUT2D eigenvalue weighted by molar-refractivity contribution is 6.43. The lowest BCUT2D eigenvalue weighted by Gasteiger charge is -2.03. The zero-order valence-electron chi connectivity index (χ0n) is 10.6. The lowest BCUT2D eigenvalue weighted by atomic mass is 10.1. The minimum atomic E-state index is -0.413. The smallest absolute Gasteiger partial charge is 0.338 e. The molecule has 0 aliphatic heterocycles. The van der Waals surface area contributed by atoms with Crippen LogP contribution in [0.5, 0.6) is 0 Å². The van der Waals surface area contributed by atoms with Crippen LogP contribution in [0.25, 0.3) is 0 Å². The Morgan fingerprint density at radius 1 is 1.15 bits per heavy atom. The number of hydrogen-bond acceptors (Lipinski definition) is 3. The summed E-state index contributed by atoms with van der Waals surface area (Å²) >= 11 is 12.0. The second-order valence-corrected chi connectivity index (χ2v) is 4.70. The molecule has 0 fully saturated rings. The number of hydrogen-bond donors (Lipinski definition) is 0. The van der Waals surface area contributed by atoms with Gasteiger partial charge in [-0.15, -0.1) is 0 Å². The number of halogens is 2. The van der Waals surface area contributed by atoms with Gasteiger partial charge in [0.25, 0.3) is 0 Å². The molecule has 0 aliphatic carbocycles. The first-order valence-electron chi connectivity index (χ1n) is 5.79. The average Bonchev–Trinajstić information content (AvgIpc) is 2.48. The normalized spacial score (nSPS) is 10.8. The number of carbonyl (C=O) groups is 1. The van der Waals surface area contributed by atoms with Gasteiger partial charge >= 0.3 is 5.97 Å². The Bertz CT molecular complexity index is 669. The lowest BCUT2D eigenvalue weighted by Crippen LogP contribution is -2.04. The van der Waals surface area contributed by atoms with Crippen molar-refractivity contribution in [2.24, 2.45) is 4.99 Å². The second-order valence-electron chi connectivity index (χ2n) is 3.91. The summed E-state index contributed by atoms with van der Waals surface area (Å²) in [6.07, 6.45) is 1.56. The second kappa shape index (κ2) is 6.55. The van der Waals surface area contributed by atoms with E-state index in [4.69, 9.17) is 27.9 Å². The van der Waals surface area contributed by atoms with E-state index in [1.54, 1.807) is 42.6 Å². The maximum Gasteiger partial charge on any atom is 0.338 e. The van der Waals surface area contributed by atoms with Crippen molar-refractivity contribution < 1.29 is 9.53 Å². The van der Waals surface area contributed by atoms with Crippen LogP contribution >= 0.6 is 23.2 Å². The summed E-state index contributed by atoms with van der Waals surface area (Å²) < 4.78 is 4.72. The molecule has 2 aromatic rings. The van der Waals surface area contributed by atoms with E-state index in [0.717, 1.165) is 0 Å². The zero-order chi connectivity index (χ0) is 14.5. The molecule has 0 amide bonds. The molecule has 102 valence electrons. The van der Waals surface area contributed by atoms with Crippen LogP contribution in [0.3, 0.4) is 0 Å². The minimum Gasteiger partial charge on any atom is -0.465 e. The van der Waals surface area contributed by atoms with Crippen molar-refractivity contribution in [3.63, 3.8) is 0 Å². The maximum absolute atomic E-state index is 11.6. The molecule has 0 radical (unpaired) electrons. The van der Waals surface area contributed by atoms with Crippen molar-refractivity contribution >= 4 is 41.1 Å². The van der Waals surface area contributed by atoms with Gasteiger partial charge in [0, 0.05) is 11.8 Å². The van der Waals surface area contributed by atoms with Gasteiger partial charge in [0.05, 0.1) is 28.4 Å². The fraction of sp³-hybridized carbons (Fsp3) is 0.0667. The third kappa shape index (κ3) is 3.18. The highest BCUT2D eigenvalue weighted by Gasteiger charge is 2.09. The summed E-state index contributed by atoms with van der Waals surface area (Å²) in [7, 11) is 1.34. The summed E-state index contributed by atoms with van der Waals surface area (Å²) in [6, 6.07) is 12.2. The molecule has 0 heterocycles. The minimum absolute atomic E-state index is 0.376. The Labute approximate surface area is 126 Å². The van der Waals surface area contributed by atoms with Crippen LogP contribution in [0.15, 0.2) is 47.5 Å². The van der Waals surface area contributed by atoms with Crippen LogP contribution in [-0.2, 0) is 4.74 Å². The molecule has 0 N–H and O–H groups in total. The zero-order valence-corrected chi connectivity index (χ0v) is 12.2. The average molecular weight is 308 g/mol. The van der Waals surface area contributed by atoms with E-state index in [-0.39, 0.29) is 0 Å². The SMILES string of the molecule is COC(=O)c1ccccc1C=Nc1cccc(Cl)c1Cl. The van der Waals surface area contributed by atoms with Gasteiger partial charge in [-0.2, -0.15) is 0 Å². The third-order valence-corrected chi connectivity index (χ3v) is 3.45. The Balaban J connectivity index is 2.37. The molecule has 0 atom stereocenters. The maximum atomic E-state index is 11.6. The number of ether oxygens (including phenoxy) is 1. The number of aliphatic imine (C=N–C) groups is 1. The van der Waals surface area contributed by atoms with E-state index < -0.39 is 5.97 Å². The highest BCUT2D eigenvalue weighted by atomic mass is 35.5. The van der Waals surface area contributed by atoms with E-state index >= 15 is 0 Å². The predicted molar refractivity (Wildman–Crippen MR) is 81.5 cm³/mol. The van der Waals surface area contributed by atoms with Gasteiger partial charge in [0.2, 0.25) is 0 Å². The standard InChI is InChI=1S/C15H11Cl2NO2/c1-20-15(19)11-6-3-2-5-10(11)9-18-13-8-4-7-12(16)14(13)17/h2-9H,1H3. The molecule has 2 rings (SSSR count). The van der Waals surface area contributed by atoms with Gasteiger partial charge in [-0.1, -0.05) is 47.5 Å². The molecule has 0 aliphatic rings. The number of carbonyl (C=O) groups excluding carboxylic acids is 1. The molecule has 20 heavy (non-hydrogen) atoms. The van der Waals surface area contributed by atoms with Crippen molar-refractivity contribution in [2.75, 3.05) is 7.11 Å². The first-order valence-corrected chi connectivity index (χ1v) is 6.54. The Hall–Kier alpha value is -1.84. The fourth-order valence-electron chi connectivity index (χ4n) is 1.64. The summed E-state index contributed by atoms with van der Waals surface area (Å²) in [6.45, 7) is 0. The van der Waals surface area contributed by atoms with Gasteiger partial charge < -0.3 is 4.74 Å². The van der Waals surface area contributed by atoms with Crippen LogP contribution in [0, 0.1) is 0 Å². The van der Waals surface area contributed by atoms with E-state index in [0.29, 0.717) is 26.9 Å². The largest absolute Gasteiger partial charge is 0.465 e. The summed E-state index contributed by atoms with van der Waals surface area (Å²) in [5, 5.41) is 0.809. The molecule has 0 unspecified atom stereocenters. The first kappa shape index (κ1) is 14.6. The van der Waals surface area contributed by atoms with Crippen LogP contribution in [-0.4, -0.2) is 19.3 Å². The quantitative estimate of drug-likeness (QED) is 0.617. The lowest BCUT2D eigenvalue weighted by molar-refractivity contribution is 0.0600. The molecular formula is C15H11Cl2NO2. The van der Waals surface area contributed by atoms with Gasteiger partial charge in [-0.25, -0.2) is 4.79 Å². The van der Waals surface area contributed by atoms with Crippen molar-refractivity contribution in [3.05, 3.63) is 63.6 Å². The molecule has 0 aromatic heterocycles. The number of rotatable bonds is 3. The molecule has 0 saturated carbocycles. The predicted octanol–water partition coefficient (Wildman–Crippen LogP) is 4.53. The highest BCUT2D eigenvalue weighted by Crippen LogP contribution is 2.31. The molecule has 0 bridgehead atoms. The van der Waals surface area contributed by atoms with Crippen LogP contribution in [0.4, 0.5) is 5.69 Å². The molecule has 0 saturated heterocycles. The van der Waals surface area contributed by atoms with Crippen LogP contribution in [0.2, 0.25) is 10.0 Å². The van der Waals surface area contributed by atoms with Gasteiger partial charge in [-0.3, -0.25) is 4.99 Å². The summed E-state index contributed by atoms with van der Waals surface area (Å²) in [5.74, 6) is -0.413. The first-order chi connectivity index (χ1) is 9.63. The summed E-state index contributed by atoms with van der Waals surface area (Å²) in [4.78, 5) is 15.9. The van der Waals surface area contributed by atoms with E-state index in [1.807, 2.05) is 6.07 Å². The van der Waals surface area contributed by atoms with Gasteiger partial charge in [0.1, 0.15) is 0 Å². The van der Waals surface area contributed by atoms with Crippen LogP contribution < -0.4 is 0 Å². The van der Waals surface area contributed by atoms with Crippen molar-refractivity contribution in [1.29, 1.82) is 0 Å². The number of esters is 1. The molecule has 0 spiro atoms. The topological polar surface area (TPSA) is 38.7 Å². The molecule has 3 nitrogen and oxygen atoms in total. The summed E-state index contributed by atoms with van der Waals surface area (Å²) in [5.41, 5.74) is 1.63. The monoisotopic (exact) mass is 307 g/mol. The van der Waals surface area contributed by atoms with E-state index in [9.17, 15) is 4.79 Å². The van der Waals surface area contributed by atoms with Gasteiger partial charge in [-0.05, 0) is 18.2 Å². The number of benzene rings is 2. The Morgan fingerprint density at radius 2 is 1.90 bits per heavy atom. The number of methoxy groups -OCH3 is 1. The fourth-order valence-corrected chi connectivity index (χ4v) is 1.98. The van der Waals surface area contributed by atoms with Gasteiger partial charge in [0.15, 0.2) is 0 Å². The third-order valence-electron chi connectivity index (χ3n) is 2.64. The van der Waals surface area contributed by atoms with Crippen molar-refractivity contribution in [3.8, 4) is 0 Å². The molecule has 5 heteroatoms. The van der Waals surface area contributed by atoms with Crippen molar-refractivity contribution in [1.82, 2.24) is 0 Å². The van der Waals surface area contributed by atoms with E-state index in [1.165, 1.54) is 7.11 Å². The number of nitrogens with zero attached hydrogens (tertiary/aromatic N) is 1. The molecular weight excluding hydrogens is 297 g/mol.